The second-order valence-electron chi connectivity index (χ2n) is 7.34. The van der Waals surface area contributed by atoms with Crippen molar-refractivity contribution in [3.8, 4) is 5.75 Å². The first-order valence-corrected chi connectivity index (χ1v) is 9.39. The van der Waals surface area contributed by atoms with Gasteiger partial charge in [-0.1, -0.05) is 32.0 Å². The number of hydrogen-bond acceptors (Lipinski definition) is 3. The van der Waals surface area contributed by atoms with Gasteiger partial charge < -0.3 is 15.4 Å². The first kappa shape index (κ1) is 19.0. The maximum Gasteiger partial charge on any atom is 0.249 e. The van der Waals surface area contributed by atoms with Gasteiger partial charge in [0.1, 0.15) is 5.75 Å². The lowest BCUT2D eigenvalue weighted by molar-refractivity contribution is -0.118. The van der Waals surface area contributed by atoms with Crippen molar-refractivity contribution >= 4 is 17.5 Å². The van der Waals surface area contributed by atoms with Gasteiger partial charge in [-0.15, -0.1) is 0 Å². The molecule has 0 aliphatic carbocycles. The van der Waals surface area contributed by atoms with Gasteiger partial charge in [-0.25, -0.2) is 0 Å². The zero-order valence-corrected chi connectivity index (χ0v) is 15.9. The fourth-order valence-corrected chi connectivity index (χ4v) is 3.35. The molecule has 0 unspecified atom stereocenters. The van der Waals surface area contributed by atoms with E-state index in [4.69, 9.17) is 10.5 Å². The van der Waals surface area contributed by atoms with Crippen LogP contribution in [-0.4, -0.2) is 25.0 Å². The zero-order valence-electron chi connectivity index (χ0n) is 15.9. The summed E-state index contributed by atoms with van der Waals surface area (Å²) < 4.78 is 5.69. The summed E-state index contributed by atoms with van der Waals surface area (Å²) in [5.41, 5.74) is 8.62. The standard InChI is InChI=1S/C22H26N2O3/c1-15(2)14-27-17-10-8-16(9-11-17)13-21(25)24-12-4-6-18-19(22(23)26)5-3-7-20(18)24/h3,5,7-11,15H,4,6,12-14H2,1-2H3,(H2,23,26). The molecule has 0 fully saturated rings. The van der Waals surface area contributed by atoms with Gasteiger partial charge in [0.15, 0.2) is 0 Å². The van der Waals surface area contributed by atoms with Crippen molar-refractivity contribution in [3.63, 3.8) is 0 Å². The molecule has 1 aliphatic heterocycles. The van der Waals surface area contributed by atoms with Crippen LogP contribution in [0.15, 0.2) is 42.5 Å². The highest BCUT2D eigenvalue weighted by Crippen LogP contribution is 2.30. The number of ether oxygens (including phenoxy) is 1. The molecule has 0 bridgehead atoms. The van der Waals surface area contributed by atoms with E-state index in [9.17, 15) is 9.59 Å². The molecule has 1 heterocycles. The molecule has 0 spiro atoms. The van der Waals surface area contributed by atoms with Crippen molar-refractivity contribution < 1.29 is 14.3 Å². The lowest BCUT2D eigenvalue weighted by Crippen LogP contribution is -2.37. The molecular weight excluding hydrogens is 340 g/mol. The van der Waals surface area contributed by atoms with Gasteiger partial charge in [0, 0.05) is 17.8 Å². The predicted molar refractivity (Wildman–Crippen MR) is 106 cm³/mol. The van der Waals surface area contributed by atoms with E-state index >= 15 is 0 Å². The Morgan fingerprint density at radius 1 is 1.15 bits per heavy atom. The summed E-state index contributed by atoms with van der Waals surface area (Å²) in [5.74, 6) is 0.858. The second kappa shape index (κ2) is 8.25. The molecule has 0 saturated heterocycles. The fourth-order valence-electron chi connectivity index (χ4n) is 3.35. The summed E-state index contributed by atoms with van der Waals surface area (Å²) >= 11 is 0. The Morgan fingerprint density at radius 2 is 1.89 bits per heavy atom. The van der Waals surface area contributed by atoms with Gasteiger partial charge in [-0.05, 0) is 54.2 Å². The second-order valence-corrected chi connectivity index (χ2v) is 7.34. The van der Waals surface area contributed by atoms with Crippen LogP contribution in [0.2, 0.25) is 0 Å². The Labute approximate surface area is 160 Å². The predicted octanol–water partition coefficient (Wildman–Crippen LogP) is 3.34. The van der Waals surface area contributed by atoms with Crippen molar-refractivity contribution in [2.24, 2.45) is 11.7 Å². The number of nitrogens with two attached hydrogens (primary N) is 1. The maximum atomic E-state index is 12.9. The summed E-state index contributed by atoms with van der Waals surface area (Å²) in [7, 11) is 0. The van der Waals surface area contributed by atoms with Crippen LogP contribution < -0.4 is 15.4 Å². The number of fused-ring (bicyclic) bond motifs is 1. The smallest absolute Gasteiger partial charge is 0.249 e. The van der Waals surface area contributed by atoms with E-state index in [1.165, 1.54) is 0 Å². The number of carbonyl (C=O) groups is 2. The van der Waals surface area contributed by atoms with Crippen molar-refractivity contribution in [2.45, 2.75) is 33.1 Å². The Kier molecular flexibility index (Phi) is 5.79. The van der Waals surface area contributed by atoms with Gasteiger partial charge in [-0.3, -0.25) is 9.59 Å². The minimum Gasteiger partial charge on any atom is -0.493 e. The molecule has 1 aliphatic rings. The van der Waals surface area contributed by atoms with Crippen LogP contribution in [0.1, 0.15) is 41.8 Å². The molecule has 0 atom stereocenters. The van der Waals surface area contributed by atoms with Gasteiger partial charge in [-0.2, -0.15) is 0 Å². The quantitative estimate of drug-likeness (QED) is 0.852. The van der Waals surface area contributed by atoms with Crippen LogP contribution in [0.3, 0.4) is 0 Å². The highest BCUT2D eigenvalue weighted by Gasteiger charge is 2.25. The minimum atomic E-state index is -0.446. The number of hydrogen-bond donors (Lipinski definition) is 1. The molecule has 142 valence electrons. The highest BCUT2D eigenvalue weighted by molar-refractivity contribution is 6.00. The van der Waals surface area contributed by atoms with Crippen molar-refractivity contribution in [2.75, 3.05) is 18.1 Å². The number of carbonyl (C=O) groups excluding carboxylic acids is 2. The van der Waals surface area contributed by atoms with E-state index in [1.807, 2.05) is 30.3 Å². The summed E-state index contributed by atoms with van der Waals surface area (Å²) in [6.07, 6.45) is 1.90. The van der Waals surface area contributed by atoms with E-state index < -0.39 is 5.91 Å². The largest absolute Gasteiger partial charge is 0.493 e. The number of nitrogens with zero attached hydrogens (tertiary/aromatic N) is 1. The molecular formula is C22H26N2O3. The van der Waals surface area contributed by atoms with E-state index in [0.717, 1.165) is 35.4 Å². The van der Waals surface area contributed by atoms with Gasteiger partial charge in [0.2, 0.25) is 11.8 Å². The minimum absolute atomic E-state index is 0.0217. The lowest BCUT2D eigenvalue weighted by atomic mass is 9.95. The molecule has 2 aromatic carbocycles. The highest BCUT2D eigenvalue weighted by atomic mass is 16.5. The SMILES string of the molecule is CC(C)COc1ccc(CC(=O)N2CCCc3c(C(N)=O)cccc32)cc1. The van der Waals surface area contributed by atoms with Crippen molar-refractivity contribution in [1.29, 1.82) is 0 Å². The third-order valence-electron chi connectivity index (χ3n) is 4.68. The number of primary amides is 1. The average Bonchev–Trinajstić information content (AvgIpc) is 2.66. The number of rotatable bonds is 6. The molecule has 0 saturated carbocycles. The van der Waals surface area contributed by atoms with Crippen LogP contribution in [0, 0.1) is 5.92 Å². The van der Waals surface area contributed by atoms with Crippen LogP contribution >= 0.6 is 0 Å². The van der Waals surface area contributed by atoms with Crippen molar-refractivity contribution in [3.05, 3.63) is 59.2 Å². The monoisotopic (exact) mass is 366 g/mol. The first-order valence-electron chi connectivity index (χ1n) is 9.39. The molecule has 2 aromatic rings. The molecule has 2 N–H and O–H groups in total. The van der Waals surface area contributed by atoms with E-state index in [1.54, 1.807) is 17.0 Å². The summed E-state index contributed by atoms with van der Waals surface area (Å²) in [6.45, 7) is 5.54. The zero-order chi connectivity index (χ0) is 19.4. The van der Waals surface area contributed by atoms with Crippen LogP contribution in [0.5, 0.6) is 5.75 Å². The Bertz CT molecular complexity index is 828. The average molecular weight is 366 g/mol. The third-order valence-corrected chi connectivity index (χ3v) is 4.68. The Morgan fingerprint density at radius 3 is 2.56 bits per heavy atom. The molecule has 5 nitrogen and oxygen atoms in total. The molecule has 27 heavy (non-hydrogen) atoms. The lowest BCUT2D eigenvalue weighted by Gasteiger charge is -2.30. The van der Waals surface area contributed by atoms with Gasteiger partial charge in [0.05, 0.1) is 13.0 Å². The van der Waals surface area contributed by atoms with E-state index in [0.29, 0.717) is 31.1 Å². The molecule has 5 heteroatoms. The Balaban J connectivity index is 1.73. The fraction of sp³-hybridized carbons (Fsp3) is 0.364. The summed E-state index contributed by atoms with van der Waals surface area (Å²) in [6, 6.07) is 13.1. The van der Waals surface area contributed by atoms with Gasteiger partial charge >= 0.3 is 0 Å². The van der Waals surface area contributed by atoms with Crippen LogP contribution in [-0.2, 0) is 17.6 Å². The normalized spacial score (nSPS) is 13.4. The molecule has 0 aromatic heterocycles. The first-order chi connectivity index (χ1) is 13.0. The molecule has 0 radical (unpaired) electrons. The molecule has 2 amide bonds. The van der Waals surface area contributed by atoms with E-state index in [2.05, 4.69) is 13.8 Å². The van der Waals surface area contributed by atoms with Crippen molar-refractivity contribution in [1.82, 2.24) is 0 Å². The summed E-state index contributed by atoms with van der Waals surface area (Å²) in [4.78, 5) is 26.3. The maximum absolute atomic E-state index is 12.9. The number of amides is 2. The number of anilines is 1. The third kappa shape index (κ3) is 4.48. The topological polar surface area (TPSA) is 72.6 Å². The molecule has 3 rings (SSSR count). The van der Waals surface area contributed by atoms with E-state index in [-0.39, 0.29) is 5.91 Å². The van der Waals surface area contributed by atoms with Crippen LogP contribution in [0.4, 0.5) is 5.69 Å². The summed E-state index contributed by atoms with van der Waals surface area (Å²) in [5, 5.41) is 0. The Hall–Kier alpha value is -2.82. The van der Waals surface area contributed by atoms with Crippen LogP contribution in [0.25, 0.3) is 0 Å². The number of benzene rings is 2. The van der Waals surface area contributed by atoms with Gasteiger partial charge in [0.25, 0.3) is 0 Å².